The van der Waals surface area contributed by atoms with E-state index in [1.807, 2.05) is 62.4 Å². The van der Waals surface area contributed by atoms with Crippen LogP contribution in [-0.4, -0.2) is 54.5 Å². The fraction of sp³-hybridized carbons (Fsp3) is 0.267. The number of methoxy groups -OCH3 is 1. The van der Waals surface area contributed by atoms with Crippen molar-refractivity contribution in [2.45, 2.75) is 27.7 Å². The molecule has 202 valence electrons. The molecule has 4 aromatic rings. The highest BCUT2D eigenvalue weighted by Crippen LogP contribution is 2.36. The number of nitrogens with one attached hydrogen (secondary N) is 1. The van der Waals surface area contributed by atoms with Gasteiger partial charge in [-0.15, -0.1) is 11.3 Å². The number of anilines is 1. The molecule has 0 aliphatic carbocycles. The fourth-order valence-corrected chi connectivity index (χ4v) is 5.51. The number of aromatic nitrogens is 1. The summed E-state index contributed by atoms with van der Waals surface area (Å²) < 4.78 is 10.5. The van der Waals surface area contributed by atoms with Crippen LogP contribution < -0.4 is 10.1 Å². The van der Waals surface area contributed by atoms with E-state index in [9.17, 15) is 14.4 Å². The van der Waals surface area contributed by atoms with E-state index in [0.29, 0.717) is 51.4 Å². The molecule has 0 atom stereocenters. The normalized spacial score (nSPS) is 10.8. The molecule has 2 amide bonds. The minimum Gasteiger partial charge on any atom is -0.497 e. The molecule has 0 bridgehead atoms. The Morgan fingerprint density at radius 3 is 2.33 bits per heavy atom. The second kappa shape index (κ2) is 12.1. The molecule has 0 fully saturated rings. The van der Waals surface area contributed by atoms with E-state index in [1.165, 1.54) is 0 Å². The van der Waals surface area contributed by atoms with Gasteiger partial charge in [-0.05, 0) is 69.7 Å². The highest BCUT2D eigenvalue weighted by molar-refractivity contribution is 7.18. The van der Waals surface area contributed by atoms with Crippen LogP contribution in [0.5, 0.6) is 5.75 Å². The summed E-state index contributed by atoms with van der Waals surface area (Å²) in [5, 5.41) is 3.85. The van der Waals surface area contributed by atoms with Gasteiger partial charge in [0.25, 0.3) is 11.8 Å². The summed E-state index contributed by atoms with van der Waals surface area (Å²) in [6, 6.07) is 16.5. The third kappa shape index (κ3) is 5.63. The van der Waals surface area contributed by atoms with E-state index in [0.717, 1.165) is 16.9 Å². The van der Waals surface area contributed by atoms with Crippen LogP contribution in [0.1, 0.15) is 56.7 Å². The number of carbonyl (C=O) groups excluding carboxylic acids is 3. The molecule has 8 nitrogen and oxygen atoms in total. The maximum atomic E-state index is 13.8. The first kappa shape index (κ1) is 27.8. The van der Waals surface area contributed by atoms with Crippen molar-refractivity contribution >= 4 is 45.0 Å². The summed E-state index contributed by atoms with van der Waals surface area (Å²) in [7, 11) is 1.60. The Bertz CT molecular complexity index is 1520. The van der Waals surface area contributed by atoms with Crippen molar-refractivity contribution in [2.75, 3.05) is 32.1 Å². The number of esters is 1. The van der Waals surface area contributed by atoms with E-state index in [4.69, 9.17) is 14.5 Å². The lowest BCUT2D eigenvalue weighted by molar-refractivity contribution is 0.0527. The number of nitrogens with zero attached hydrogens (tertiary/aromatic N) is 2. The number of para-hydroxylation sites is 1. The van der Waals surface area contributed by atoms with Gasteiger partial charge in [0.1, 0.15) is 10.8 Å². The van der Waals surface area contributed by atoms with Gasteiger partial charge in [-0.1, -0.05) is 18.2 Å². The van der Waals surface area contributed by atoms with Gasteiger partial charge in [0, 0.05) is 24.0 Å². The van der Waals surface area contributed by atoms with Gasteiger partial charge in [0.05, 0.1) is 40.9 Å². The van der Waals surface area contributed by atoms with Gasteiger partial charge < -0.3 is 19.7 Å². The number of hydrogen-bond donors (Lipinski definition) is 1. The average Bonchev–Trinajstić information content (AvgIpc) is 3.28. The lowest BCUT2D eigenvalue weighted by Crippen LogP contribution is -2.30. The number of rotatable bonds is 9. The molecule has 39 heavy (non-hydrogen) atoms. The first-order valence-corrected chi connectivity index (χ1v) is 13.6. The maximum absolute atomic E-state index is 13.8. The molecule has 0 aliphatic rings. The number of carbonyl (C=O) groups is 3. The highest BCUT2D eigenvalue weighted by atomic mass is 32.1. The number of fused-ring (bicyclic) bond motifs is 1. The fourth-order valence-electron chi connectivity index (χ4n) is 4.35. The molecule has 1 N–H and O–H groups in total. The number of amides is 2. The molecular formula is C30H31N3O5S. The molecule has 9 heteroatoms. The van der Waals surface area contributed by atoms with Gasteiger partial charge in [-0.2, -0.15) is 0 Å². The Balaban J connectivity index is 1.79. The Kier molecular flexibility index (Phi) is 8.61. The zero-order valence-electron chi connectivity index (χ0n) is 22.7. The molecule has 0 aliphatic heterocycles. The van der Waals surface area contributed by atoms with Crippen molar-refractivity contribution in [1.29, 1.82) is 0 Å². The average molecular weight is 546 g/mol. The first-order valence-electron chi connectivity index (χ1n) is 12.8. The molecule has 2 aromatic heterocycles. The van der Waals surface area contributed by atoms with Crippen molar-refractivity contribution < 1.29 is 23.9 Å². The molecule has 0 spiro atoms. The number of pyridine rings is 1. The molecule has 0 saturated carbocycles. The predicted molar refractivity (Wildman–Crippen MR) is 154 cm³/mol. The Morgan fingerprint density at radius 2 is 1.69 bits per heavy atom. The molecule has 0 radical (unpaired) electrons. The first-order chi connectivity index (χ1) is 18.8. The number of ether oxygens (including phenoxy) is 2. The minimum atomic E-state index is -0.585. The summed E-state index contributed by atoms with van der Waals surface area (Å²) in [5.41, 5.74) is 3.17. The Morgan fingerprint density at radius 1 is 1.00 bits per heavy atom. The number of benzene rings is 2. The zero-order chi connectivity index (χ0) is 28.1. The second-order valence-corrected chi connectivity index (χ2v) is 9.73. The zero-order valence-corrected chi connectivity index (χ0v) is 23.5. The van der Waals surface area contributed by atoms with E-state index < -0.39 is 11.9 Å². The minimum absolute atomic E-state index is 0.168. The quantitative estimate of drug-likeness (QED) is 0.252. The largest absolute Gasteiger partial charge is 0.497 e. The van der Waals surface area contributed by atoms with E-state index in [1.54, 1.807) is 31.9 Å². The summed E-state index contributed by atoms with van der Waals surface area (Å²) in [4.78, 5) is 46.8. The van der Waals surface area contributed by atoms with Crippen molar-refractivity contribution in [2.24, 2.45) is 0 Å². The van der Waals surface area contributed by atoms with Crippen molar-refractivity contribution in [3.8, 4) is 17.0 Å². The lowest BCUT2D eigenvalue weighted by Gasteiger charge is -2.18. The monoisotopic (exact) mass is 545 g/mol. The Labute approximate surface area is 231 Å². The molecular weight excluding hydrogens is 514 g/mol. The Hall–Kier alpha value is -4.24. The molecule has 0 saturated heterocycles. The molecule has 4 rings (SSSR count). The van der Waals surface area contributed by atoms with Crippen molar-refractivity contribution in [1.82, 2.24) is 9.88 Å². The standard InChI is InChI=1S/C30H31N3O5S/c1-6-33(7-2)29(35)26-18(4)25(30(36)38-8-3)28(39-26)32-27(34)22-17-24(19-13-15-20(37-5)16-14-19)31-23-12-10-9-11-21(22)23/h9-17H,6-8H2,1-5H3,(H,32,34). The second-order valence-electron chi connectivity index (χ2n) is 8.71. The topological polar surface area (TPSA) is 97.8 Å². The smallest absolute Gasteiger partial charge is 0.341 e. The SMILES string of the molecule is CCOC(=O)c1c(NC(=O)c2cc(-c3ccc(OC)cc3)nc3ccccc23)sc(C(=O)N(CC)CC)c1C. The van der Waals surface area contributed by atoms with Crippen molar-refractivity contribution in [3.63, 3.8) is 0 Å². The molecule has 2 heterocycles. The lowest BCUT2D eigenvalue weighted by atomic mass is 10.0. The maximum Gasteiger partial charge on any atom is 0.341 e. The van der Waals surface area contributed by atoms with Crippen LogP contribution in [0.4, 0.5) is 5.00 Å². The van der Waals surface area contributed by atoms with E-state index in [-0.39, 0.29) is 23.1 Å². The summed E-state index contributed by atoms with van der Waals surface area (Å²) in [5.74, 6) is -0.479. The van der Waals surface area contributed by atoms with Crippen LogP contribution in [0.25, 0.3) is 22.2 Å². The van der Waals surface area contributed by atoms with Gasteiger partial charge in [-0.25, -0.2) is 9.78 Å². The number of thiophene rings is 1. The van der Waals surface area contributed by atoms with Crippen LogP contribution in [0, 0.1) is 6.92 Å². The molecule has 2 aromatic carbocycles. The van der Waals surface area contributed by atoms with Crippen LogP contribution >= 0.6 is 11.3 Å². The van der Waals surface area contributed by atoms with Gasteiger partial charge in [0.15, 0.2) is 0 Å². The van der Waals surface area contributed by atoms with Crippen LogP contribution in [0.3, 0.4) is 0 Å². The van der Waals surface area contributed by atoms with Crippen LogP contribution in [-0.2, 0) is 4.74 Å². The van der Waals surface area contributed by atoms with Gasteiger partial charge in [0.2, 0.25) is 0 Å². The summed E-state index contributed by atoms with van der Waals surface area (Å²) in [6.07, 6.45) is 0. The van der Waals surface area contributed by atoms with Gasteiger partial charge in [-0.3, -0.25) is 9.59 Å². The summed E-state index contributed by atoms with van der Waals surface area (Å²) in [6.45, 7) is 8.44. The molecule has 0 unspecified atom stereocenters. The van der Waals surface area contributed by atoms with E-state index in [2.05, 4.69) is 5.32 Å². The highest BCUT2D eigenvalue weighted by Gasteiger charge is 2.29. The van der Waals surface area contributed by atoms with Crippen LogP contribution in [0.15, 0.2) is 54.6 Å². The third-order valence-corrected chi connectivity index (χ3v) is 7.64. The van der Waals surface area contributed by atoms with Crippen LogP contribution in [0.2, 0.25) is 0 Å². The van der Waals surface area contributed by atoms with Crippen molar-refractivity contribution in [3.05, 3.63) is 76.2 Å². The van der Waals surface area contributed by atoms with E-state index >= 15 is 0 Å². The van der Waals surface area contributed by atoms with Gasteiger partial charge >= 0.3 is 5.97 Å². The predicted octanol–water partition coefficient (Wildman–Crippen LogP) is 6.19. The third-order valence-electron chi connectivity index (χ3n) is 6.44. The number of hydrogen-bond acceptors (Lipinski definition) is 7. The summed E-state index contributed by atoms with van der Waals surface area (Å²) >= 11 is 1.09.